The highest BCUT2D eigenvalue weighted by Crippen LogP contribution is 2.32. The van der Waals surface area contributed by atoms with Gasteiger partial charge in [0.25, 0.3) is 0 Å². The van der Waals surface area contributed by atoms with E-state index in [0.717, 1.165) is 5.92 Å². The maximum absolute atomic E-state index is 6.17. The van der Waals surface area contributed by atoms with Crippen LogP contribution in [0.3, 0.4) is 0 Å². The van der Waals surface area contributed by atoms with Crippen LogP contribution in [0.4, 0.5) is 0 Å². The van der Waals surface area contributed by atoms with E-state index in [9.17, 15) is 0 Å². The average Bonchev–Trinajstić information content (AvgIpc) is 1.85. The van der Waals surface area contributed by atoms with Gasteiger partial charge in [-0.25, -0.2) is 0 Å². The zero-order valence-electron chi connectivity index (χ0n) is 7.70. The fraction of sp³-hybridized carbons (Fsp3) is 1.00. The second-order valence-electron chi connectivity index (χ2n) is 4.43. The van der Waals surface area contributed by atoms with E-state index in [1.807, 2.05) is 0 Å². The summed E-state index contributed by atoms with van der Waals surface area (Å²) in [4.78, 5) is 0.0298. The minimum Gasteiger partial charge on any atom is -0.120 e. The van der Waals surface area contributed by atoms with Crippen molar-refractivity contribution in [2.75, 3.05) is 0 Å². The summed E-state index contributed by atoms with van der Waals surface area (Å²) in [6.07, 6.45) is 8.33. The van der Waals surface area contributed by atoms with Crippen LogP contribution in [-0.2, 0) is 0 Å². The summed E-state index contributed by atoms with van der Waals surface area (Å²) in [6.45, 7) is 4.26. The van der Waals surface area contributed by atoms with E-state index >= 15 is 0 Å². The molecule has 0 aliphatic heterocycles. The van der Waals surface area contributed by atoms with Gasteiger partial charge >= 0.3 is 0 Å². The Hall–Kier alpha value is 0.290. The Labute approximate surface area is 75.3 Å². The number of alkyl halides is 1. The molecule has 66 valence electrons. The average molecular weight is 175 g/mol. The zero-order valence-corrected chi connectivity index (χ0v) is 8.45. The zero-order chi connectivity index (χ0) is 8.32. The van der Waals surface area contributed by atoms with Crippen LogP contribution in [0.5, 0.6) is 0 Å². The van der Waals surface area contributed by atoms with Crippen molar-refractivity contribution < 1.29 is 0 Å². The largest absolute Gasteiger partial charge is 0.120 e. The van der Waals surface area contributed by atoms with E-state index in [0.29, 0.717) is 0 Å². The predicted octanol–water partition coefficient (Wildman–Crippen LogP) is 3.97. The Morgan fingerprint density at radius 3 is 2.18 bits per heavy atom. The van der Waals surface area contributed by atoms with E-state index in [-0.39, 0.29) is 4.87 Å². The van der Waals surface area contributed by atoms with E-state index in [4.69, 9.17) is 11.6 Å². The summed E-state index contributed by atoms with van der Waals surface area (Å²) in [6, 6.07) is 0. The van der Waals surface area contributed by atoms with Gasteiger partial charge in [0.05, 0.1) is 0 Å². The van der Waals surface area contributed by atoms with Gasteiger partial charge in [0, 0.05) is 4.87 Å². The minimum absolute atomic E-state index is 0.0298. The Balaban J connectivity index is 2.24. The third kappa shape index (κ3) is 4.00. The summed E-state index contributed by atoms with van der Waals surface area (Å²) in [5.41, 5.74) is 0. The van der Waals surface area contributed by atoms with Crippen LogP contribution < -0.4 is 0 Å². The molecule has 11 heavy (non-hydrogen) atoms. The molecule has 0 nitrogen and oxygen atoms in total. The van der Waals surface area contributed by atoms with Gasteiger partial charge in [0.2, 0.25) is 0 Å². The molecular weight excluding hydrogens is 156 g/mol. The van der Waals surface area contributed by atoms with Crippen LogP contribution in [0.15, 0.2) is 0 Å². The van der Waals surface area contributed by atoms with Crippen LogP contribution in [0.2, 0.25) is 0 Å². The van der Waals surface area contributed by atoms with Crippen LogP contribution in [-0.4, -0.2) is 4.87 Å². The topological polar surface area (TPSA) is 0 Å². The predicted molar refractivity (Wildman–Crippen MR) is 51.1 cm³/mol. The van der Waals surface area contributed by atoms with E-state index in [2.05, 4.69) is 13.8 Å². The van der Waals surface area contributed by atoms with Gasteiger partial charge in [-0.1, -0.05) is 32.1 Å². The normalized spacial score (nSPS) is 22.1. The van der Waals surface area contributed by atoms with Gasteiger partial charge in [-0.2, -0.15) is 0 Å². The van der Waals surface area contributed by atoms with Gasteiger partial charge in [-0.3, -0.25) is 0 Å². The van der Waals surface area contributed by atoms with Crippen molar-refractivity contribution in [2.45, 2.75) is 57.2 Å². The van der Waals surface area contributed by atoms with Gasteiger partial charge in [0.1, 0.15) is 0 Å². The maximum Gasteiger partial charge on any atom is 0.0393 e. The number of hydrogen-bond donors (Lipinski definition) is 0. The molecule has 0 atom stereocenters. The molecule has 0 aromatic rings. The van der Waals surface area contributed by atoms with Gasteiger partial charge in [0.15, 0.2) is 0 Å². The Kier molecular flexibility index (Phi) is 3.24. The summed E-state index contributed by atoms with van der Waals surface area (Å²) >= 11 is 6.17. The van der Waals surface area contributed by atoms with Crippen molar-refractivity contribution in [3.63, 3.8) is 0 Å². The molecule has 0 unspecified atom stereocenters. The van der Waals surface area contributed by atoms with E-state index in [1.54, 1.807) is 0 Å². The first-order valence-corrected chi connectivity index (χ1v) is 5.15. The molecule has 0 heterocycles. The second-order valence-corrected chi connectivity index (χ2v) is 5.45. The van der Waals surface area contributed by atoms with E-state index in [1.165, 1.54) is 38.5 Å². The molecule has 1 aliphatic carbocycles. The quantitative estimate of drug-likeness (QED) is 0.556. The van der Waals surface area contributed by atoms with Crippen LogP contribution in [0.1, 0.15) is 52.4 Å². The van der Waals surface area contributed by atoms with Crippen molar-refractivity contribution in [1.82, 2.24) is 0 Å². The molecule has 0 radical (unpaired) electrons. The van der Waals surface area contributed by atoms with Crippen LogP contribution in [0.25, 0.3) is 0 Å². The van der Waals surface area contributed by atoms with Crippen molar-refractivity contribution in [3.05, 3.63) is 0 Å². The van der Waals surface area contributed by atoms with Crippen molar-refractivity contribution >= 4 is 11.6 Å². The molecular formula is C10H19Cl. The Morgan fingerprint density at radius 1 is 1.18 bits per heavy atom. The molecule has 0 saturated heterocycles. The standard InChI is InChI=1S/C10H19Cl/c1-10(2,11)8-9-6-4-3-5-7-9/h9H,3-8H2,1-2H3. The number of rotatable bonds is 2. The summed E-state index contributed by atoms with van der Waals surface area (Å²) in [7, 11) is 0. The van der Waals surface area contributed by atoms with Crippen molar-refractivity contribution in [3.8, 4) is 0 Å². The van der Waals surface area contributed by atoms with Gasteiger partial charge < -0.3 is 0 Å². The molecule has 0 bridgehead atoms. The first-order chi connectivity index (χ1) is 5.08. The van der Waals surface area contributed by atoms with Crippen LogP contribution >= 0.6 is 11.6 Å². The highest BCUT2D eigenvalue weighted by molar-refractivity contribution is 6.23. The molecule has 1 rings (SSSR count). The first kappa shape index (κ1) is 9.38. The Bertz CT molecular complexity index is 107. The number of hydrogen-bond acceptors (Lipinski definition) is 0. The third-order valence-corrected chi connectivity index (χ3v) is 2.65. The lowest BCUT2D eigenvalue weighted by Crippen LogP contribution is -2.18. The highest BCUT2D eigenvalue weighted by atomic mass is 35.5. The molecule has 1 heteroatoms. The lowest BCUT2D eigenvalue weighted by Gasteiger charge is -2.27. The molecule has 1 fully saturated rings. The molecule has 0 aromatic carbocycles. The summed E-state index contributed by atoms with van der Waals surface area (Å²) < 4.78 is 0. The summed E-state index contributed by atoms with van der Waals surface area (Å²) in [5.74, 6) is 0.913. The SMILES string of the molecule is CC(C)(Cl)CC1CCCCC1. The summed E-state index contributed by atoms with van der Waals surface area (Å²) in [5, 5.41) is 0. The molecule has 1 saturated carbocycles. The van der Waals surface area contributed by atoms with Gasteiger partial charge in [-0.05, 0) is 26.2 Å². The lowest BCUT2D eigenvalue weighted by atomic mass is 9.83. The van der Waals surface area contributed by atoms with Gasteiger partial charge in [-0.15, -0.1) is 11.6 Å². The molecule has 0 aromatic heterocycles. The minimum atomic E-state index is 0.0298. The number of halogens is 1. The lowest BCUT2D eigenvalue weighted by molar-refractivity contribution is 0.315. The van der Waals surface area contributed by atoms with Crippen LogP contribution in [0, 0.1) is 5.92 Å². The molecule has 1 aliphatic rings. The first-order valence-electron chi connectivity index (χ1n) is 4.77. The smallest absolute Gasteiger partial charge is 0.0393 e. The fourth-order valence-corrected chi connectivity index (χ4v) is 2.30. The molecule has 0 N–H and O–H groups in total. The monoisotopic (exact) mass is 174 g/mol. The highest BCUT2D eigenvalue weighted by Gasteiger charge is 2.21. The third-order valence-electron chi connectivity index (χ3n) is 2.50. The fourth-order valence-electron chi connectivity index (χ4n) is 2.08. The van der Waals surface area contributed by atoms with Crippen molar-refractivity contribution in [1.29, 1.82) is 0 Å². The molecule has 0 amide bonds. The second kappa shape index (κ2) is 3.80. The Morgan fingerprint density at radius 2 is 1.73 bits per heavy atom. The molecule has 0 spiro atoms. The van der Waals surface area contributed by atoms with Crippen molar-refractivity contribution in [2.24, 2.45) is 5.92 Å². The maximum atomic E-state index is 6.17. The van der Waals surface area contributed by atoms with E-state index < -0.39 is 0 Å².